The fourth-order valence-electron chi connectivity index (χ4n) is 7.29. The van der Waals surface area contributed by atoms with E-state index in [0.717, 1.165) is 12.0 Å². The maximum Gasteiger partial charge on any atom is 0.306 e. The Balaban J connectivity index is 1.38. The van der Waals surface area contributed by atoms with Gasteiger partial charge in [0.25, 0.3) is 0 Å². The van der Waals surface area contributed by atoms with Crippen molar-refractivity contribution < 1.29 is 58.6 Å². The second kappa shape index (κ2) is 15.1. The first-order valence-corrected chi connectivity index (χ1v) is 17.4. The monoisotopic (exact) mass is 717 g/mol. The van der Waals surface area contributed by atoms with Crippen LogP contribution in [-0.4, -0.2) is 87.6 Å². The SMILES string of the molecule is CCCCC(=O)OCC(=O)[C@]1(O)Cc2c(O)c3c(c(O)c2[C@@H](O[C@H]2C[C@@H](NCc4ccccc4)[C@H](O)[C@H](C)O2)C1)C(=O)c1c(OC)cccc1C3=O. The fourth-order valence-corrected chi connectivity index (χ4v) is 7.29. The molecular weight excluding hydrogens is 674 g/mol. The Morgan fingerprint density at radius 1 is 1.00 bits per heavy atom. The molecule has 13 heteroatoms. The summed E-state index contributed by atoms with van der Waals surface area (Å²) in [4.78, 5) is 53.7. The van der Waals surface area contributed by atoms with Gasteiger partial charge in [-0.25, -0.2) is 0 Å². The molecule has 6 atom stereocenters. The second-order valence-electron chi connectivity index (χ2n) is 13.6. The predicted octanol–water partition coefficient (Wildman–Crippen LogP) is 3.57. The quantitative estimate of drug-likeness (QED) is 0.105. The standard InChI is InChI=1S/C39H43NO12/c1-4-5-14-28(42)50-19-27(41)39(48)16-23-31(38(47)33-32(36(23)45)35(44)22-12-9-13-25(49-3)30(22)37(33)46)26(17-39)52-29-15-24(34(43)20(2)51-29)40-18-21-10-7-6-8-11-21/h6-13,20,24,26,29,34,40,43,45,47-48H,4-5,14-19H2,1-3H3/t20-,24+,26-,29-,34+,39-/m0/s1. The van der Waals surface area contributed by atoms with Crippen LogP contribution in [0.15, 0.2) is 48.5 Å². The number of ketones is 3. The number of rotatable bonds is 12. The predicted molar refractivity (Wildman–Crippen MR) is 184 cm³/mol. The molecule has 1 heterocycles. The van der Waals surface area contributed by atoms with Crippen LogP contribution in [-0.2, 0) is 36.8 Å². The van der Waals surface area contributed by atoms with E-state index in [1.54, 1.807) is 6.92 Å². The molecule has 6 rings (SSSR count). The highest BCUT2D eigenvalue weighted by molar-refractivity contribution is 6.31. The van der Waals surface area contributed by atoms with Gasteiger partial charge in [0.05, 0.1) is 42.1 Å². The maximum atomic E-state index is 14.0. The number of aliphatic hydroxyl groups is 2. The Kier molecular flexibility index (Phi) is 10.8. The van der Waals surface area contributed by atoms with E-state index in [9.17, 15) is 39.6 Å². The van der Waals surface area contributed by atoms with E-state index in [4.69, 9.17) is 18.9 Å². The van der Waals surface area contributed by atoms with E-state index in [1.165, 1.54) is 25.3 Å². The van der Waals surface area contributed by atoms with Gasteiger partial charge in [-0.1, -0.05) is 55.8 Å². The van der Waals surface area contributed by atoms with Gasteiger partial charge in [-0.15, -0.1) is 0 Å². The van der Waals surface area contributed by atoms with Crippen LogP contribution in [0.2, 0.25) is 0 Å². The van der Waals surface area contributed by atoms with E-state index < -0.39 is 102 Å². The highest BCUT2D eigenvalue weighted by atomic mass is 16.7. The number of Topliss-reactive ketones (excluding diaryl/α,β-unsaturated/α-hetero) is 1. The number of benzene rings is 3. The van der Waals surface area contributed by atoms with E-state index in [1.807, 2.05) is 37.3 Å². The second-order valence-corrected chi connectivity index (χ2v) is 13.6. The van der Waals surface area contributed by atoms with Gasteiger partial charge in [0.1, 0.15) is 22.8 Å². The van der Waals surface area contributed by atoms with Crippen LogP contribution in [0.3, 0.4) is 0 Å². The van der Waals surface area contributed by atoms with Crippen LogP contribution in [0.4, 0.5) is 0 Å². The molecule has 276 valence electrons. The number of aliphatic hydroxyl groups excluding tert-OH is 1. The lowest BCUT2D eigenvalue weighted by Crippen LogP contribution is -2.54. The van der Waals surface area contributed by atoms with E-state index in [2.05, 4.69) is 5.32 Å². The van der Waals surface area contributed by atoms with Crippen molar-refractivity contribution >= 4 is 23.3 Å². The van der Waals surface area contributed by atoms with Crippen molar-refractivity contribution in [3.63, 3.8) is 0 Å². The number of unbranched alkanes of at least 4 members (excludes halogenated alkanes) is 1. The number of aromatic hydroxyl groups is 2. The van der Waals surface area contributed by atoms with Crippen molar-refractivity contribution in [2.45, 2.75) is 95.2 Å². The first kappa shape index (κ1) is 37.1. The Morgan fingerprint density at radius 3 is 2.44 bits per heavy atom. The van der Waals surface area contributed by atoms with Crippen LogP contribution in [0.5, 0.6) is 17.2 Å². The molecule has 0 radical (unpaired) electrons. The molecule has 0 saturated carbocycles. The molecular formula is C39H43NO12. The summed E-state index contributed by atoms with van der Waals surface area (Å²) in [7, 11) is 1.33. The number of hydrogen-bond donors (Lipinski definition) is 5. The number of nitrogens with one attached hydrogen (secondary N) is 1. The lowest BCUT2D eigenvalue weighted by molar-refractivity contribution is -0.250. The van der Waals surface area contributed by atoms with Crippen molar-refractivity contribution in [1.29, 1.82) is 0 Å². The van der Waals surface area contributed by atoms with Crippen LogP contribution in [0.25, 0.3) is 0 Å². The number of ether oxygens (including phenoxy) is 4. The summed E-state index contributed by atoms with van der Waals surface area (Å²) in [6.07, 6.45) is -3.71. The maximum absolute atomic E-state index is 14.0. The van der Waals surface area contributed by atoms with Crippen molar-refractivity contribution in [1.82, 2.24) is 5.32 Å². The number of carbonyl (C=O) groups excluding carboxylic acids is 4. The summed E-state index contributed by atoms with van der Waals surface area (Å²) < 4.78 is 22.9. The number of fused-ring (bicyclic) bond motifs is 3. The minimum absolute atomic E-state index is 0.0577. The molecule has 5 N–H and O–H groups in total. The number of phenolic OH excluding ortho intramolecular Hbond substituents is 2. The van der Waals surface area contributed by atoms with Gasteiger partial charge in [0.2, 0.25) is 11.6 Å². The molecule has 3 aliphatic rings. The molecule has 52 heavy (non-hydrogen) atoms. The normalized spacial score (nSPS) is 25.1. The van der Waals surface area contributed by atoms with Crippen LogP contribution >= 0.6 is 0 Å². The van der Waals surface area contributed by atoms with E-state index >= 15 is 0 Å². The number of methoxy groups -OCH3 is 1. The fraction of sp³-hybridized carbons (Fsp3) is 0.436. The third-order valence-electron chi connectivity index (χ3n) is 10.1. The molecule has 0 unspecified atom stereocenters. The number of phenols is 2. The first-order chi connectivity index (χ1) is 24.9. The molecule has 3 aromatic carbocycles. The first-order valence-electron chi connectivity index (χ1n) is 17.4. The number of esters is 1. The number of hydrogen-bond acceptors (Lipinski definition) is 13. The topological polar surface area (TPSA) is 198 Å². The van der Waals surface area contributed by atoms with Crippen molar-refractivity contribution in [3.8, 4) is 17.2 Å². The molecule has 0 spiro atoms. The smallest absolute Gasteiger partial charge is 0.306 e. The molecule has 1 saturated heterocycles. The zero-order valence-corrected chi connectivity index (χ0v) is 29.2. The molecule has 0 amide bonds. The lowest BCUT2D eigenvalue weighted by Gasteiger charge is -2.43. The Morgan fingerprint density at radius 2 is 1.73 bits per heavy atom. The molecule has 2 aliphatic carbocycles. The average molecular weight is 718 g/mol. The zero-order chi connectivity index (χ0) is 37.3. The van der Waals surface area contributed by atoms with Gasteiger partial charge in [-0.2, -0.15) is 0 Å². The van der Waals surface area contributed by atoms with Gasteiger partial charge >= 0.3 is 5.97 Å². The van der Waals surface area contributed by atoms with Crippen LogP contribution < -0.4 is 10.1 Å². The molecule has 0 bridgehead atoms. The molecule has 3 aromatic rings. The minimum atomic E-state index is -2.30. The third-order valence-corrected chi connectivity index (χ3v) is 10.1. The summed E-state index contributed by atoms with van der Waals surface area (Å²) in [5.41, 5.74) is -2.71. The largest absolute Gasteiger partial charge is 0.507 e. The zero-order valence-electron chi connectivity index (χ0n) is 29.2. The minimum Gasteiger partial charge on any atom is -0.507 e. The average Bonchev–Trinajstić information content (AvgIpc) is 3.14. The summed E-state index contributed by atoms with van der Waals surface area (Å²) in [6.45, 7) is 3.22. The van der Waals surface area contributed by atoms with Crippen molar-refractivity contribution in [3.05, 3.63) is 87.5 Å². The van der Waals surface area contributed by atoms with Gasteiger partial charge in [0, 0.05) is 55.0 Å². The van der Waals surface area contributed by atoms with Gasteiger partial charge in [-0.05, 0) is 25.0 Å². The Labute approximate surface area is 300 Å². The van der Waals surface area contributed by atoms with Gasteiger partial charge in [-0.3, -0.25) is 19.2 Å². The lowest BCUT2D eigenvalue weighted by atomic mass is 9.72. The van der Waals surface area contributed by atoms with Crippen molar-refractivity contribution in [2.75, 3.05) is 13.7 Å². The summed E-state index contributed by atoms with van der Waals surface area (Å²) in [6, 6.07) is 13.4. The van der Waals surface area contributed by atoms with Crippen LogP contribution in [0.1, 0.15) is 101 Å². The van der Waals surface area contributed by atoms with Crippen molar-refractivity contribution in [2.24, 2.45) is 0 Å². The summed E-state index contributed by atoms with van der Waals surface area (Å²) in [5, 5.41) is 49.8. The number of carbonyl (C=O) groups is 4. The molecule has 1 aliphatic heterocycles. The third kappa shape index (κ3) is 6.94. The molecule has 1 fully saturated rings. The highest BCUT2D eigenvalue weighted by Crippen LogP contribution is 2.52. The van der Waals surface area contributed by atoms with Gasteiger partial charge < -0.3 is 44.7 Å². The van der Waals surface area contributed by atoms with Crippen LogP contribution in [0, 0.1) is 0 Å². The van der Waals surface area contributed by atoms with E-state index in [-0.39, 0.29) is 40.8 Å². The van der Waals surface area contributed by atoms with Gasteiger partial charge in [0.15, 0.2) is 18.7 Å². The molecule has 13 nitrogen and oxygen atoms in total. The highest BCUT2D eigenvalue weighted by Gasteiger charge is 2.50. The Hall–Kier alpha value is -4.66. The summed E-state index contributed by atoms with van der Waals surface area (Å²) >= 11 is 0. The summed E-state index contributed by atoms with van der Waals surface area (Å²) in [5.74, 6) is -4.32. The molecule has 0 aromatic heterocycles. The Bertz CT molecular complexity index is 1880. The van der Waals surface area contributed by atoms with E-state index in [0.29, 0.717) is 13.0 Å².